The molecule has 0 saturated heterocycles. The Balaban J connectivity index is 5.89. The van der Waals surface area contributed by atoms with Crippen LogP contribution in [0.15, 0.2) is 0 Å². The number of hydrogen-bond acceptors (Lipinski definition) is 8. The molecule has 0 aliphatic heterocycles. The van der Waals surface area contributed by atoms with Crippen molar-refractivity contribution in [3.8, 4) is 0 Å². The van der Waals surface area contributed by atoms with Gasteiger partial charge in [0.25, 0.3) is 0 Å². The highest BCUT2D eigenvalue weighted by atomic mass is 16.6. The van der Waals surface area contributed by atoms with Crippen LogP contribution in [0.3, 0.4) is 0 Å². The summed E-state index contributed by atoms with van der Waals surface area (Å²) in [7, 11) is 0. The van der Waals surface area contributed by atoms with Crippen molar-refractivity contribution >= 4 is 29.8 Å². The number of ether oxygens (including phenoxy) is 3. The number of nitrogens with one attached hydrogen (secondary N) is 1. The highest BCUT2D eigenvalue weighted by Crippen LogP contribution is 2.28. The van der Waals surface area contributed by atoms with Crippen molar-refractivity contribution in [2.75, 3.05) is 0 Å². The Labute approximate surface area is 214 Å². The van der Waals surface area contributed by atoms with E-state index >= 15 is 0 Å². The van der Waals surface area contributed by atoms with E-state index in [1.807, 2.05) is 0 Å². The highest BCUT2D eigenvalue weighted by molar-refractivity contribution is 5.81. The van der Waals surface area contributed by atoms with Crippen LogP contribution in [-0.4, -0.2) is 57.2 Å². The summed E-state index contributed by atoms with van der Waals surface area (Å²) in [6.07, 6.45) is -0.698. The van der Waals surface area contributed by atoms with Crippen LogP contribution in [-0.2, 0) is 38.2 Å². The fourth-order valence-corrected chi connectivity index (χ4v) is 3.34. The molecule has 0 atom stereocenters. The van der Waals surface area contributed by atoms with Crippen molar-refractivity contribution in [3.05, 3.63) is 0 Å². The molecule has 0 bridgehead atoms. The maximum atomic E-state index is 12.7. The van der Waals surface area contributed by atoms with Crippen molar-refractivity contribution in [2.45, 2.75) is 136 Å². The zero-order valence-corrected chi connectivity index (χ0v) is 23.4. The Morgan fingerprint density at radius 2 is 0.861 bits per heavy atom. The van der Waals surface area contributed by atoms with Gasteiger partial charge < -0.3 is 24.6 Å². The van der Waals surface area contributed by atoms with Crippen LogP contribution >= 0.6 is 0 Å². The molecular weight excluding hydrogens is 470 g/mol. The fraction of sp³-hybridized carbons (Fsp3) is 0.808. The van der Waals surface area contributed by atoms with E-state index in [2.05, 4.69) is 5.32 Å². The standard InChI is InChI=1S/C26H45NO9/c1-23(2,3)34-20(31)12-15-26(27-18(28)10-11-19(29)30,16-13-21(32)35-24(4,5)6)17-14-22(33)36-25(7,8)9/h10-17H2,1-9H3,(H,27,28)(H,29,30). The minimum absolute atomic E-state index is 0.0757. The zero-order valence-electron chi connectivity index (χ0n) is 23.4. The number of carbonyl (C=O) groups excluding carboxylic acids is 4. The normalized spacial score (nSPS) is 12.5. The lowest BCUT2D eigenvalue weighted by atomic mass is 9.83. The van der Waals surface area contributed by atoms with E-state index in [0.717, 1.165) is 0 Å². The quantitative estimate of drug-likeness (QED) is 0.274. The SMILES string of the molecule is CC(C)(C)OC(=O)CCC(CCC(=O)OC(C)(C)C)(CCC(=O)OC(C)(C)C)NC(=O)CCC(=O)O. The Morgan fingerprint density at radius 1 is 0.556 bits per heavy atom. The summed E-state index contributed by atoms with van der Waals surface area (Å²) in [6.45, 7) is 15.6. The summed E-state index contributed by atoms with van der Waals surface area (Å²) in [6, 6.07) is 0. The number of esters is 3. The number of rotatable bonds is 13. The van der Waals surface area contributed by atoms with E-state index in [1.54, 1.807) is 62.3 Å². The molecule has 0 fully saturated rings. The molecular formula is C26H45NO9. The average molecular weight is 516 g/mol. The van der Waals surface area contributed by atoms with Crippen LogP contribution < -0.4 is 5.32 Å². The Bertz CT molecular complexity index is 704. The van der Waals surface area contributed by atoms with Gasteiger partial charge in [-0.05, 0) is 81.6 Å². The molecule has 0 spiro atoms. The number of carbonyl (C=O) groups is 5. The van der Waals surface area contributed by atoms with Crippen molar-refractivity contribution < 1.29 is 43.3 Å². The summed E-state index contributed by atoms with van der Waals surface area (Å²) in [5.74, 6) is -3.19. The van der Waals surface area contributed by atoms with E-state index in [1.165, 1.54) is 0 Å². The first kappa shape index (κ1) is 33.4. The maximum Gasteiger partial charge on any atom is 0.306 e. The molecule has 2 N–H and O–H groups in total. The molecule has 0 heterocycles. The molecule has 36 heavy (non-hydrogen) atoms. The van der Waals surface area contributed by atoms with Gasteiger partial charge in [-0.2, -0.15) is 0 Å². The molecule has 10 nitrogen and oxygen atoms in total. The predicted molar refractivity (Wildman–Crippen MR) is 133 cm³/mol. The zero-order chi connectivity index (χ0) is 28.4. The molecule has 0 aliphatic rings. The summed E-state index contributed by atoms with van der Waals surface area (Å²) < 4.78 is 16.2. The van der Waals surface area contributed by atoms with Gasteiger partial charge in [-0.15, -0.1) is 0 Å². The lowest BCUT2D eigenvalue weighted by molar-refractivity contribution is -0.155. The van der Waals surface area contributed by atoms with Crippen LogP contribution in [0.5, 0.6) is 0 Å². The number of carboxylic acids is 1. The molecule has 1 amide bonds. The second kappa shape index (κ2) is 13.6. The van der Waals surface area contributed by atoms with Crippen LogP contribution in [0.1, 0.15) is 114 Å². The third kappa shape index (κ3) is 17.7. The lowest BCUT2D eigenvalue weighted by Crippen LogP contribution is -2.50. The largest absolute Gasteiger partial charge is 0.481 e. The van der Waals surface area contributed by atoms with E-state index < -0.39 is 52.1 Å². The summed E-state index contributed by atoms with van der Waals surface area (Å²) in [5.41, 5.74) is -3.30. The van der Waals surface area contributed by atoms with Gasteiger partial charge in [0.15, 0.2) is 0 Å². The third-order valence-electron chi connectivity index (χ3n) is 4.65. The predicted octanol–water partition coefficient (Wildman–Crippen LogP) is 4.07. The molecule has 0 aromatic heterocycles. The summed E-state index contributed by atoms with van der Waals surface area (Å²) >= 11 is 0. The second-order valence-corrected chi connectivity index (χ2v) is 12.0. The highest BCUT2D eigenvalue weighted by Gasteiger charge is 2.35. The molecule has 208 valence electrons. The maximum absolute atomic E-state index is 12.7. The minimum atomic E-state index is -1.17. The molecule has 0 aromatic carbocycles. The topological polar surface area (TPSA) is 145 Å². The summed E-state index contributed by atoms with van der Waals surface area (Å²) in [5, 5.41) is 11.8. The van der Waals surface area contributed by atoms with Gasteiger partial charge in [-0.3, -0.25) is 24.0 Å². The average Bonchev–Trinajstić information content (AvgIpc) is 2.63. The lowest BCUT2D eigenvalue weighted by Gasteiger charge is -2.35. The van der Waals surface area contributed by atoms with E-state index in [4.69, 9.17) is 19.3 Å². The number of carboxylic acid groups (broad SMARTS) is 1. The molecule has 10 heteroatoms. The second-order valence-electron chi connectivity index (χ2n) is 12.0. The first-order valence-corrected chi connectivity index (χ1v) is 12.3. The van der Waals surface area contributed by atoms with Gasteiger partial charge in [-0.1, -0.05) is 0 Å². The molecule has 0 saturated carbocycles. The van der Waals surface area contributed by atoms with Crippen molar-refractivity contribution in [3.63, 3.8) is 0 Å². The van der Waals surface area contributed by atoms with Gasteiger partial charge in [-0.25, -0.2) is 0 Å². The number of amides is 1. The molecule has 0 radical (unpaired) electrons. The fourth-order valence-electron chi connectivity index (χ4n) is 3.34. The van der Waals surface area contributed by atoms with Gasteiger partial charge in [0.05, 0.1) is 6.42 Å². The van der Waals surface area contributed by atoms with Crippen LogP contribution in [0, 0.1) is 0 Å². The molecule has 0 aromatic rings. The molecule has 0 unspecified atom stereocenters. The first-order valence-electron chi connectivity index (χ1n) is 12.3. The van der Waals surface area contributed by atoms with E-state index in [0.29, 0.717) is 0 Å². The van der Waals surface area contributed by atoms with Crippen molar-refractivity contribution in [1.82, 2.24) is 5.32 Å². The van der Waals surface area contributed by atoms with Crippen LogP contribution in [0.2, 0.25) is 0 Å². The summed E-state index contributed by atoms with van der Waals surface area (Å²) in [4.78, 5) is 61.0. The number of aliphatic carboxylic acids is 1. The Hall–Kier alpha value is -2.65. The smallest absolute Gasteiger partial charge is 0.306 e. The number of hydrogen-bond donors (Lipinski definition) is 2. The molecule has 0 rings (SSSR count). The monoisotopic (exact) mass is 515 g/mol. The van der Waals surface area contributed by atoms with Gasteiger partial charge in [0, 0.05) is 31.2 Å². The van der Waals surface area contributed by atoms with Crippen LogP contribution in [0.25, 0.3) is 0 Å². The first-order chi connectivity index (χ1) is 16.1. The van der Waals surface area contributed by atoms with Crippen molar-refractivity contribution in [1.29, 1.82) is 0 Å². The molecule has 0 aliphatic carbocycles. The van der Waals surface area contributed by atoms with Gasteiger partial charge in [0.1, 0.15) is 16.8 Å². The van der Waals surface area contributed by atoms with Gasteiger partial charge in [0.2, 0.25) is 5.91 Å². The van der Waals surface area contributed by atoms with E-state index in [9.17, 15) is 24.0 Å². The Kier molecular flexibility index (Phi) is 12.6. The Morgan fingerprint density at radius 3 is 1.11 bits per heavy atom. The van der Waals surface area contributed by atoms with Gasteiger partial charge >= 0.3 is 23.9 Å². The van der Waals surface area contributed by atoms with E-state index in [-0.39, 0.29) is 51.4 Å². The van der Waals surface area contributed by atoms with Crippen molar-refractivity contribution in [2.24, 2.45) is 0 Å². The minimum Gasteiger partial charge on any atom is -0.481 e. The van der Waals surface area contributed by atoms with Crippen LogP contribution in [0.4, 0.5) is 0 Å². The third-order valence-corrected chi connectivity index (χ3v) is 4.65.